The molecule has 2 aromatic rings. The van der Waals surface area contributed by atoms with Crippen molar-refractivity contribution < 1.29 is 19.2 Å². The number of carbonyl (C=O) groups is 1. The van der Waals surface area contributed by atoms with Crippen LogP contribution in [0.25, 0.3) is 0 Å². The minimum Gasteiger partial charge on any atom is -0.444 e. The van der Waals surface area contributed by atoms with Crippen molar-refractivity contribution in [3.63, 3.8) is 0 Å². The zero-order chi connectivity index (χ0) is 15.4. The third-order valence-corrected chi connectivity index (χ3v) is 3.52. The summed E-state index contributed by atoms with van der Waals surface area (Å²) >= 11 is 0. The summed E-state index contributed by atoms with van der Waals surface area (Å²) in [6.07, 6.45) is 0.223. The average Bonchev–Trinajstić information content (AvgIpc) is 2.55. The zero-order valence-electron chi connectivity index (χ0n) is 12.0. The molecule has 1 aliphatic heterocycles. The van der Waals surface area contributed by atoms with E-state index in [4.69, 9.17) is 9.39 Å². The van der Waals surface area contributed by atoms with Crippen molar-refractivity contribution in [1.82, 2.24) is 0 Å². The molecule has 0 saturated carbocycles. The quantitative estimate of drug-likeness (QED) is 0.846. The summed E-state index contributed by atoms with van der Waals surface area (Å²) in [6, 6.07) is 14.9. The third-order valence-electron chi connectivity index (χ3n) is 3.52. The Labute approximate surface area is 129 Å². The Balaban J connectivity index is 1.61. The molecule has 0 aliphatic carbocycles. The highest BCUT2D eigenvalue weighted by molar-refractivity contribution is 6.61. The number of carbonyl (C=O) groups excluding carboxylic acids is 1. The predicted octanol–water partition coefficient (Wildman–Crippen LogP) is 1.70. The minimum absolute atomic E-state index is 0.212. The molecule has 1 aliphatic rings. The lowest BCUT2D eigenvalue weighted by molar-refractivity contribution is 0.155. The first-order valence-electron chi connectivity index (χ1n) is 7.12. The molecule has 5 nitrogen and oxygen atoms in total. The standard InChI is InChI=1S/C16H16BNO4/c19-16(21-11-12-4-2-1-3-5-12)18-14-7-6-13-8-9-22-17(20)15(13)10-14/h1-7,10,20H,8-9,11H2,(H,18,19). The number of amides is 1. The molecule has 1 heterocycles. The number of hydrogen-bond acceptors (Lipinski definition) is 4. The van der Waals surface area contributed by atoms with Crippen molar-refractivity contribution in [2.24, 2.45) is 0 Å². The van der Waals surface area contributed by atoms with Crippen molar-refractivity contribution in [2.75, 3.05) is 11.9 Å². The first kappa shape index (κ1) is 14.6. The molecule has 0 fully saturated rings. The lowest BCUT2D eigenvalue weighted by Crippen LogP contribution is -2.41. The van der Waals surface area contributed by atoms with E-state index in [0.29, 0.717) is 17.8 Å². The second kappa shape index (κ2) is 6.64. The Kier molecular flexibility index (Phi) is 4.41. The highest BCUT2D eigenvalue weighted by Crippen LogP contribution is 2.13. The zero-order valence-corrected chi connectivity index (χ0v) is 12.0. The Morgan fingerprint density at radius 3 is 2.91 bits per heavy atom. The molecule has 0 atom stereocenters. The number of benzene rings is 2. The molecule has 6 heteroatoms. The Morgan fingerprint density at radius 2 is 2.09 bits per heavy atom. The molecule has 1 amide bonds. The summed E-state index contributed by atoms with van der Waals surface area (Å²) in [5.74, 6) is 0. The van der Waals surface area contributed by atoms with Crippen molar-refractivity contribution in [1.29, 1.82) is 0 Å². The van der Waals surface area contributed by atoms with Crippen molar-refractivity contribution in [2.45, 2.75) is 13.0 Å². The minimum atomic E-state index is -0.939. The smallest absolute Gasteiger partial charge is 0.444 e. The van der Waals surface area contributed by atoms with E-state index < -0.39 is 13.2 Å². The number of anilines is 1. The molecule has 0 aromatic heterocycles. The first-order valence-corrected chi connectivity index (χ1v) is 7.12. The van der Waals surface area contributed by atoms with Crippen LogP contribution in [0.1, 0.15) is 11.1 Å². The van der Waals surface area contributed by atoms with Crippen LogP contribution in [0, 0.1) is 0 Å². The maximum atomic E-state index is 11.8. The Hall–Kier alpha value is -2.31. The van der Waals surface area contributed by atoms with Crippen LogP contribution in [0.5, 0.6) is 0 Å². The van der Waals surface area contributed by atoms with Crippen LogP contribution in [0.3, 0.4) is 0 Å². The lowest BCUT2D eigenvalue weighted by Gasteiger charge is -2.19. The fraction of sp³-hybridized carbons (Fsp3) is 0.188. The average molecular weight is 297 g/mol. The molecule has 3 rings (SSSR count). The second-order valence-corrected chi connectivity index (χ2v) is 5.07. The van der Waals surface area contributed by atoms with Crippen molar-refractivity contribution in [3.8, 4) is 0 Å². The molecule has 22 heavy (non-hydrogen) atoms. The molecule has 0 unspecified atom stereocenters. The van der Waals surface area contributed by atoms with E-state index >= 15 is 0 Å². The lowest BCUT2D eigenvalue weighted by atomic mass is 9.73. The van der Waals surface area contributed by atoms with Gasteiger partial charge >= 0.3 is 13.2 Å². The normalized spacial score (nSPS) is 13.4. The van der Waals surface area contributed by atoms with Gasteiger partial charge < -0.3 is 14.4 Å². The molecule has 0 bridgehead atoms. The predicted molar refractivity (Wildman–Crippen MR) is 84.0 cm³/mol. The molecule has 0 saturated heterocycles. The van der Waals surface area contributed by atoms with Gasteiger partial charge in [0.1, 0.15) is 6.61 Å². The molecule has 2 N–H and O–H groups in total. The number of hydrogen-bond donors (Lipinski definition) is 2. The SMILES string of the molecule is O=C(Nc1ccc2c(c1)B(O)OCC2)OCc1ccccc1. The molecule has 2 aromatic carbocycles. The van der Waals surface area contributed by atoms with Crippen LogP contribution < -0.4 is 10.8 Å². The van der Waals surface area contributed by atoms with E-state index in [0.717, 1.165) is 17.5 Å². The van der Waals surface area contributed by atoms with Crippen LogP contribution >= 0.6 is 0 Å². The Bertz CT molecular complexity index is 662. The maximum absolute atomic E-state index is 11.8. The fourth-order valence-electron chi connectivity index (χ4n) is 2.38. The van der Waals surface area contributed by atoms with Gasteiger partial charge in [-0.1, -0.05) is 36.4 Å². The van der Waals surface area contributed by atoms with Gasteiger partial charge in [0.15, 0.2) is 0 Å². The van der Waals surface area contributed by atoms with Gasteiger partial charge in [0.05, 0.1) is 0 Å². The summed E-state index contributed by atoms with van der Waals surface area (Å²) < 4.78 is 10.3. The summed E-state index contributed by atoms with van der Waals surface area (Å²) in [4.78, 5) is 11.8. The highest BCUT2D eigenvalue weighted by Gasteiger charge is 2.25. The molecular formula is C16H16BNO4. The van der Waals surface area contributed by atoms with Gasteiger partial charge in [-0.25, -0.2) is 4.79 Å². The van der Waals surface area contributed by atoms with Gasteiger partial charge in [-0.2, -0.15) is 0 Å². The van der Waals surface area contributed by atoms with Crippen molar-refractivity contribution in [3.05, 3.63) is 59.7 Å². The second-order valence-electron chi connectivity index (χ2n) is 5.07. The van der Waals surface area contributed by atoms with E-state index in [1.807, 2.05) is 36.4 Å². The van der Waals surface area contributed by atoms with E-state index in [-0.39, 0.29) is 6.61 Å². The van der Waals surface area contributed by atoms with E-state index in [1.54, 1.807) is 12.1 Å². The van der Waals surface area contributed by atoms with Crippen LogP contribution in [-0.2, 0) is 22.4 Å². The molecule has 112 valence electrons. The summed E-state index contributed by atoms with van der Waals surface area (Å²) in [7, 11) is -0.939. The third kappa shape index (κ3) is 3.47. The Morgan fingerprint density at radius 1 is 1.27 bits per heavy atom. The van der Waals surface area contributed by atoms with Crippen LogP contribution in [0.4, 0.5) is 10.5 Å². The first-order chi connectivity index (χ1) is 10.7. The van der Waals surface area contributed by atoms with Crippen LogP contribution in [0.15, 0.2) is 48.5 Å². The highest BCUT2D eigenvalue weighted by atomic mass is 16.5. The van der Waals surface area contributed by atoms with Gasteiger partial charge in [-0.3, -0.25) is 5.32 Å². The van der Waals surface area contributed by atoms with Crippen LogP contribution in [0.2, 0.25) is 0 Å². The van der Waals surface area contributed by atoms with E-state index in [9.17, 15) is 9.82 Å². The number of nitrogens with one attached hydrogen (secondary N) is 1. The van der Waals surface area contributed by atoms with E-state index in [2.05, 4.69) is 5.32 Å². The molecule has 0 radical (unpaired) electrons. The number of fused-ring (bicyclic) bond motifs is 1. The monoisotopic (exact) mass is 297 g/mol. The largest absolute Gasteiger partial charge is 0.491 e. The van der Waals surface area contributed by atoms with Crippen molar-refractivity contribution >= 4 is 24.4 Å². The number of rotatable bonds is 3. The van der Waals surface area contributed by atoms with Gasteiger partial charge in [0.25, 0.3) is 0 Å². The van der Waals surface area contributed by atoms with Gasteiger partial charge in [0.2, 0.25) is 0 Å². The van der Waals surface area contributed by atoms with Gasteiger partial charge in [-0.15, -0.1) is 0 Å². The van der Waals surface area contributed by atoms with Gasteiger partial charge in [0, 0.05) is 12.3 Å². The topological polar surface area (TPSA) is 67.8 Å². The maximum Gasteiger partial charge on any atom is 0.491 e. The van der Waals surface area contributed by atoms with Crippen LogP contribution in [-0.4, -0.2) is 24.8 Å². The summed E-state index contributed by atoms with van der Waals surface area (Å²) in [5.41, 5.74) is 3.21. The molecule has 0 spiro atoms. The fourth-order valence-corrected chi connectivity index (χ4v) is 2.38. The molecular weight excluding hydrogens is 281 g/mol. The summed E-state index contributed by atoms with van der Waals surface area (Å²) in [6.45, 7) is 0.712. The number of ether oxygens (including phenoxy) is 1. The summed E-state index contributed by atoms with van der Waals surface area (Å²) in [5, 5.41) is 12.5. The van der Waals surface area contributed by atoms with E-state index in [1.165, 1.54) is 0 Å². The van der Waals surface area contributed by atoms with Gasteiger partial charge in [-0.05, 0) is 35.1 Å².